The van der Waals surface area contributed by atoms with Crippen LogP contribution < -0.4 is 4.74 Å². The smallest absolute Gasteiger partial charge is 0.119 e. The van der Waals surface area contributed by atoms with E-state index in [1.165, 1.54) is 31.2 Å². The predicted molar refractivity (Wildman–Crippen MR) is 130 cm³/mol. The second kappa shape index (κ2) is 11.7. The molecule has 0 aliphatic carbocycles. The van der Waals surface area contributed by atoms with Gasteiger partial charge in [-0.25, -0.2) is 0 Å². The second-order valence-electron chi connectivity index (χ2n) is 9.49. The van der Waals surface area contributed by atoms with Crippen LogP contribution in [0.3, 0.4) is 0 Å². The highest BCUT2D eigenvalue weighted by molar-refractivity contribution is 5.35. The monoisotopic (exact) mass is 423 g/mol. The van der Waals surface area contributed by atoms with E-state index in [4.69, 9.17) is 4.74 Å². The van der Waals surface area contributed by atoms with Gasteiger partial charge in [0.15, 0.2) is 0 Å². The average Bonchev–Trinajstić information content (AvgIpc) is 3.06. The number of aliphatic hydroxyl groups is 1. The molecular formula is C28H41NO2. The number of likely N-dealkylation sites (tertiary alicyclic amines) is 1. The number of benzene rings is 2. The summed E-state index contributed by atoms with van der Waals surface area (Å²) < 4.78 is 5.66. The Bertz CT molecular complexity index is 750. The fourth-order valence-electron chi connectivity index (χ4n) is 4.83. The summed E-state index contributed by atoms with van der Waals surface area (Å²) >= 11 is 0. The van der Waals surface area contributed by atoms with Gasteiger partial charge in [-0.1, -0.05) is 69.2 Å². The minimum atomic E-state index is -0.914. The molecule has 0 amide bonds. The van der Waals surface area contributed by atoms with Crippen LogP contribution in [-0.2, 0) is 5.60 Å². The van der Waals surface area contributed by atoms with E-state index < -0.39 is 5.60 Å². The fraction of sp³-hybridized carbons (Fsp3) is 0.571. The van der Waals surface area contributed by atoms with E-state index in [1.807, 2.05) is 19.1 Å². The minimum absolute atomic E-state index is 0.0310. The van der Waals surface area contributed by atoms with E-state index in [1.54, 1.807) is 0 Å². The summed E-state index contributed by atoms with van der Waals surface area (Å²) in [6.07, 6.45) is 6.91. The van der Waals surface area contributed by atoms with Crippen molar-refractivity contribution in [3.05, 3.63) is 65.7 Å². The normalized spacial score (nSPS) is 18.4. The SMILES string of the molecule is CCOc1ccc([C@@](O)(CCC(C)C)[C@H](CN2CCCCCC2)c2ccccc2)cc1. The fourth-order valence-corrected chi connectivity index (χ4v) is 4.83. The molecule has 0 unspecified atom stereocenters. The molecule has 0 saturated carbocycles. The van der Waals surface area contributed by atoms with Crippen molar-refractivity contribution >= 4 is 0 Å². The third-order valence-electron chi connectivity index (χ3n) is 6.69. The second-order valence-corrected chi connectivity index (χ2v) is 9.49. The molecule has 0 bridgehead atoms. The number of rotatable bonds is 10. The number of nitrogens with zero attached hydrogens (tertiary/aromatic N) is 1. The lowest BCUT2D eigenvalue weighted by Gasteiger charge is -2.40. The third-order valence-corrected chi connectivity index (χ3v) is 6.69. The molecule has 2 atom stereocenters. The first-order valence-electron chi connectivity index (χ1n) is 12.3. The first-order valence-corrected chi connectivity index (χ1v) is 12.3. The van der Waals surface area contributed by atoms with Gasteiger partial charge in [-0.15, -0.1) is 0 Å². The molecule has 1 heterocycles. The lowest BCUT2D eigenvalue weighted by molar-refractivity contribution is -0.0170. The largest absolute Gasteiger partial charge is 0.494 e. The van der Waals surface area contributed by atoms with Crippen molar-refractivity contribution in [1.29, 1.82) is 0 Å². The van der Waals surface area contributed by atoms with Crippen molar-refractivity contribution in [1.82, 2.24) is 4.90 Å². The molecule has 3 nitrogen and oxygen atoms in total. The van der Waals surface area contributed by atoms with Crippen LogP contribution in [0.5, 0.6) is 5.75 Å². The van der Waals surface area contributed by atoms with Crippen LogP contribution in [0, 0.1) is 5.92 Å². The van der Waals surface area contributed by atoms with E-state index >= 15 is 0 Å². The summed E-state index contributed by atoms with van der Waals surface area (Å²) in [5.74, 6) is 1.44. The molecule has 3 rings (SSSR count). The van der Waals surface area contributed by atoms with Crippen molar-refractivity contribution in [3.8, 4) is 5.75 Å². The average molecular weight is 424 g/mol. The molecule has 0 aromatic heterocycles. The Morgan fingerprint density at radius 3 is 2.16 bits per heavy atom. The number of hydrogen-bond donors (Lipinski definition) is 1. The standard InChI is InChI=1S/C28H41NO2/c1-4-31-26-16-14-25(15-17-26)28(30,19-18-23(2)3)27(24-12-8-7-9-13-24)22-29-20-10-5-6-11-21-29/h7-9,12-17,23,27,30H,4-6,10-11,18-22H2,1-3H3/t27-,28+/m1/s1. The molecule has 1 aliphatic heterocycles. The first-order chi connectivity index (χ1) is 15.0. The Morgan fingerprint density at radius 1 is 0.935 bits per heavy atom. The molecule has 3 heteroatoms. The van der Waals surface area contributed by atoms with E-state index in [2.05, 4.69) is 61.2 Å². The van der Waals surface area contributed by atoms with Crippen molar-refractivity contribution in [3.63, 3.8) is 0 Å². The van der Waals surface area contributed by atoms with Crippen molar-refractivity contribution in [2.45, 2.75) is 70.8 Å². The summed E-state index contributed by atoms with van der Waals surface area (Å²) in [4.78, 5) is 2.58. The zero-order valence-electron chi connectivity index (χ0n) is 19.7. The van der Waals surface area contributed by atoms with E-state index in [0.717, 1.165) is 43.8 Å². The van der Waals surface area contributed by atoms with E-state index in [0.29, 0.717) is 12.5 Å². The van der Waals surface area contributed by atoms with Gasteiger partial charge in [0.1, 0.15) is 5.75 Å². The van der Waals surface area contributed by atoms with Gasteiger partial charge in [-0.05, 0) is 74.9 Å². The zero-order chi connectivity index (χ0) is 22.1. The third kappa shape index (κ3) is 6.57. The maximum atomic E-state index is 12.4. The number of hydrogen-bond acceptors (Lipinski definition) is 3. The van der Waals surface area contributed by atoms with Gasteiger partial charge in [0.05, 0.1) is 12.2 Å². The minimum Gasteiger partial charge on any atom is -0.494 e. The lowest BCUT2D eigenvalue weighted by atomic mass is 9.73. The molecule has 2 aromatic rings. The molecule has 0 radical (unpaired) electrons. The summed E-state index contributed by atoms with van der Waals surface area (Å²) in [6, 6.07) is 18.8. The highest BCUT2D eigenvalue weighted by atomic mass is 16.5. The molecule has 170 valence electrons. The highest BCUT2D eigenvalue weighted by Crippen LogP contribution is 2.42. The molecule has 1 N–H and O–H groups in total. The van der Waals surface area contributed by atoms with Crippen LogP contribution in [-0.4, -0.2) is 36.2 Å². The molecule has 1 fully saturated rings. The zero-order valence-corrected chi connectivity index (χ0v) is 19.7. The Hall–Kier alpha value is -1.84. The molecule has 2 aromatic carbocycles. The van der Waals surface area contributed by atoms with Crippen molar-refractivity contribution in [2.75, 3.05) is 26.2 Å². The predicted octanol–water partition coefficient (Wildman–Crippen LogP) is 6.37. The Kier molecular flexibility index (Phi) is 8.98. The van der Waals surface area contributed by atoms with Gasteiger partial charge in [-0.2, -0.15) is 0 Å². The molecule has 1 aliphatic rings. The van der Waals surface area contributed by atoms with Crippen LogP contribution in [0.25, 0.3) is 0 Å². The summed E-state index contributed by atoms with van der Waals surface area (Å²) in [5.41, 5.74) is 1.31. The van der Waals surface area contributed by atoms with Gasteiger partial charge >= 0.3 is 0 Å². The number of ether oxygens (including phenoxy) is 1. The lowest BCUT2D eigenvalue weighted by Crippen LogP contribution is -2.41. The molecule has 0 spiro atoms. The van der Waals surface area contributed by atoms with Gasteiger partial charge in [0.2, 0.25) is 0 Å². The van der Waals surface area contributed by atoms with Crippen molar-refractivity contribution < 1.29 is 9.84 Å². The first kappa shape index (κ1) is 23.8. The van der Waals surface area contributed by atoms with Crippen LogP contribution >= 0.6 is 0 Å². The van der Waals surface area contributed by atoms with Crippen LogP contribution in [0.2, 0.25) is 0 Å². The van der Waals surface area contributed by atoms with E-state index in [-0.39, 0.29) is 5.92 Å². The summed E-state index contributed by atoms with van der Waals surface area (Å²) in [7, 11) is 0. The van der Waals surface area contributed by atoms with Crippen LogP contribution in [0.4, 0.5) is 0 Å². The quantitative estimate of drug-likeness (QED) is 0.482. The molecular weight excluding hydrogens is 382 g/mol. The molecule has 31 heavy (non-hydrogen) atoms. The van der Waals surface area contributed by atoms with Crippen LogP contribution in [0.15, 0.2) is 54.6 Å². The molecule has 1 saturated heterocycles. The van der Waals surface area contributed by atoms with Gasteiger partial charge in [0, 0.05) is 12.5 Å². The van der Waals surface area contributed by atoms with E-state index in [9.17, 15) is 5.11 Å². The summed E-state index contributed by atoms with van der Waals surface area (Å²) in [5, 5.41) is 12.4. The van der Waals surface area contributed by atoms with Gasteiger partial charge in [-0.3, -0.25) is 0 Å². The van der Waals surface area contributed by atoms with Crippen molar-refractivity contribution in [2.24, 2.45) is 5.92 Å². The highest BCUT2D eigenvalue weighted by Gasteiger charge is 2.40. The topological polar surface area (TPSA) is 32.7 Å². The maximum Gasteiger partial charge on any atom is 0.119 e. The maximum absolute atomic E-state index is 12.4. The Morgan fingerprint density at radius 2 is 1.58 bits per heavy atom. The van der Waals surface area contributed by atoms with Gasteiger partial charge < -0.3 is 14.7 Å². The summed E-state index contributed by atoms with van der Waals surface area (Å²) in [6.45, 7) is 10.3. The van der Waals surface area contributed by atoms with Crippen LogP contribution in [0.1, 0.15) is 76.3 Å². The van der Waals surface area contributed by atoms with Gasteiger partial charge in [0.25, 0.3) is 0 Å². The Balaban J connectivity index is 1.98. The Labute approximate surface area is 189 Å².